The van der Waals surface area contributed by atoms with Crippen LogP contribution in [0.3, 0.4) is 0 Å². The number of amides is 2. The normalized spacial score (nSPS) is 19.0. The maximum absolute atomic E-state index is 12.4. The lowest BCUT2D eigenvalue weighted by Gasteiger charge is -2.31. The fourth-order valence-corrected chi connectivity index (χ4v) is 2.39. The highest BCUT2D eigenvalue weighted by molar-refractivity contribution is 5.97. The molecule has 19 heavy (non-hydrogen) atoms. The molecule has 2 rings (SSSR count). The maximum atomic E-state index is 12.4. The van der Waals surface area contributed by atoms with Gasteiger partial charge in [0.1, 0.15) is 5.75 Å². The van der Waals surface area contributed by atoms with Crippen molar-refractivity contribution < 1.29 is 14.3 Å². The number of nitrogens with zero attached hydrogens (tertiary/aromatic N) is 1. The lowest BCUT2D eigenvalue weighted by molar-refractivity contribution is -0.123. The van der Waals surface area contributed by atoms with Gasteiger partial charge in [0.05, 0.1) is 18.6 Å². The molecular formula is C14H18N2O3. The molecule has 0 radical (unpaired) electrons. The number of rotatable bonds is 3. The van der Waals surface area contributed by atoms with Gasteiger partial charge in [0, 0.05) is 13.1 Å². The van der Waals surface area contributed by atoms with Crippen LogP contribution in [0.5, 0.6) is 5.75 Å². The molecule has 1 heterocycles. The third-order valence-corrected chi connectivity index (χ3v) is 3.45. The van der Waals surface area contributed by atoms with E-state index in [2.05, 4.69) is 0 Å². The lowest BCUT2D eigenvalue weighted by atomic mass is 9.97. The Labute approximate surface area is 112 Å². The zero-order valence-electron chi connectivity index (χ0n) is 11.0. The Hall–Kier alpha value is -2.04. The molecule has 102 valence electrons. The predicted molar refractivity (Wildman–Crippen MR) is 70.8 cm³/mol. The van der Waals surface area contributed by atoms with Gasteiger partial charge in [0.2, 0.25) is 5.91 Å². The summed E-state index contributed by atoms with van der Waals surface area (Å²) in [6.45, 7) is 1.05. The molecule has 1 aliphatic heterocycles. The topological polar surface area (TPSA) is 72.6 Å². The molecule has 2 N–H and O–H groups in total. The quantitative estimate of drug-likeness (QED) is 0.884. The third kappa shape index (κ3) is 2.86. The number of para-hydroxylation sites is 1. The van der Waals surface area contributed by atoms with E-state index in [1.165, 1.54) is 7.11 Å². The second-order valence-electron chi connectivity index (χ2n) is 4.69. The summed E-state index contributed by atoms with van der Waals surface area (Å²) in [4.78, 5) is 25.4. The van der Waals surface area contributed by atoms with Crippen LogP contribution in [0.1, 0.15) is 23.2 Å². The fourth-order valence-electron chi connectivity index (χ4n) is 2.39. The first kappa shape index (κ1) is 13.4. The molecule has 5 heteroatoms. The van der Waals surface area contributed by atoms with E-state index in [1.54, 1.807) is 23.1 Å². The van der Waals surface area contributed by atoms with Gasteiger partial charge in [0.15, 0.2) is 0 Å². The van der Waals surface area contributed by atoms with Crippen molar-refractivity contribution in [3.8, 4) is 5.75 Å². The minimum atomic E-state index is -0.336. The van der Waals surface area contributed by atoms with Gasteiger partial charge in [-0.25, -0.2) is 0 Å². The largest absolute Gasteiger partial charge is 0.496 e. The summed E-state index contributed by atoms with van der Waals surface area (Å²) in [5, 5.41) is 0. The number of carbonyl (C=O) groups is 2. The van der Waals surface area contributed by atoms with Crippen molar-refractivity contribution in [2.45, 2.75) is 12.8 Å². The van der Waals surface area contributed by atoms with Gasteiger partial charge in [-0.05, 0) is 25.0 Å². The van der Waals surface area contributed by atoms with E-state index in [0.29, 0.717) is 24.4 Å². The molecule has 1 aliphatic rings. The van der Waals surface area contributed by atoms with Crippen LogP contribution in [-0.4, -0.2) is 36.9 Å². The summed E-state index contributed by atoms with van der Waals surface area (Å²) in [5.41, 5.74) is 5.85. The first-order valence-corrected chi connectivity index (χ1v) is 6.35. The van der Waals surface area contributed by atoms with E-state index in [0.717, 1.165) is 12.8 Å². The van der Waals surface area contributed by atoms with Crippen LogP contribution in [-0.2, 0) is 4.79 Å². The molecule has 2 amide bonds. The number of benzene rings is 1. The number of nitrogens with two attached hydrogens (primary N) is 1. The van der Waals surface area contributed by atoms with Crippen molar-refractivity contribution in [2.24, 2.45) is 11.7 Å². The summed E-state index contributed by atoms with van der Waals surface area (Å²) in [6, 6.07) is 7.10. The Bertz CT molecular complexity index is 487. The first-order valence-electron chi connectivity index (χ1n) is 6.35. The second kappa shape index (κ2) is 5.73. The number of carbonyl (C=O) groups excluding carboxylic acids is 2. The number of methoxy groups -OCH3 is 1. The smallest absolute Gasteiger partial charge is 0.257 e. The molecule has 1 fully saturated rings. The lowest BCUT2D eigenvalue weighted by Crippen LogP contribution is -2.44. The number of hydrogen-bond donors (Lipinski definition) is 1. The Balaban J connectivity index is 2.17. The van der Waals surface area contributed by atoms with Gasteiger partial charge in [-0.3, -0.25) is 9.59 Å². The van der Waals surface area contributed by atoms with Gasteiger partial charge in [-0.1, -0.05) is 12.1 Å². The molecule has 1 aromatic rings. The number of primary amides is 1. The molecule has 5 nitrogen and oxygen atoms in total. The Morgan fingerprint density at radius 2 is 2.11 bits per heavy atom. The summed E-state index contributed by atoms with van der Waals surface area (Å²) in [7, 11) is 1.54. The van der Waals surface area contributed by atoms with Crippen molar-refractivity contribution in [1.29, 1.82) is 0 Å². The van der Waals surface area contributed by atoms with Crippen molar-refractivity contribution in [1.82, 2.24) is 4.90 Å². The van der Waals surface area contributed by atoms with E-state index in [-0.39, 0.29) is 17.7 Å². The van der Waals surface area contributed by atoms with Gasteiger partial charge in [-0.15, -0.1) is 0 Å². The molecule has 1 aromatic carbocycles. The molecular weight excluding hydrogens is 244 g/mol. The molecule has 0 spiro atoms. The fraction of sp³-hybridized carbons (Fsp3) is 0.429. The van der Waals surface area contributed by atoms with E-state index in [1.807, 2.05) is 6.07 Å². The zero-order valence-corrected chi connectivity index (χ0v) is 11.0. The highest BCUT2D eigenvalue weighted by atomic mass is 16.5. The van der Waals surface area contributed by atoms with Gasteiger partial charge in [-0.2, -0.15) is 0 Å². The van der Waals surface area contributed by atoms with Gasteiger partial charge in [0.25, 0.3) is 5.91 Å². The standard InChI is InChI=1S/C14H18N2O3/c1-19-12-7-3-2-6-11(12)14(18)16-8-4-5-10(9-16)13(15)17/h2-3,6-7,10H,4-5,8-9H2,1H3,(H2,15,17). The number of hydrogen-bond acceptors (Lipinski definition) is 3. The average Bonchev–Trinajstić information content (AvgIpc) is 2.46. The number of ether oxygens (including phenoxy) is 1. The minimum absolute atomic E-state index is 0.108. The monoisotopic (exact) mass is 262 g/mol. The summed E-state index contributed by atoms with van der Waals surface area (Å²) in [6.07, 6.45) is 1.56. The summed E-state index contributed by atoms with van der Waals surface area (Å²) >= 11 is 0. The summed E-state index contributed by atoms with van der Waals surface area (Å²) < 4.78 is 5.19. The van der Waals surface area contributed by atoms with E-state index in [4.69, 9.17) is 10.5 Å². The molecule has 1 unspecified atom stereocenters. The average molecular weight is 262 g/mol. The maximum Gasteiger partial charge on any atom is 0.257 e. The van der Waals surface area contributed by atoms with Crippen molar-refractivity contribution in [2.75, 3.05) is 20.2 Å². The van der Waals surface area contributed by atoms with Gasteiger partial charge >= 0.3 is 0 Å². The highest BCUT2D eigenvalue weighted by Gasteiger charge is 2.28. The number of likely N-dealkylation sites (tertiary alicyclic amines) is 1. The van der Waals surface area contributed by atoms with E-state index >= 15 is 0 Å². The summed E-state index contributed by atoms with van der Waals surface area (Å²) in [5.74, 6) is -0.137. The predicted octanol–water partition coefficient (Wildman–Crippen LogP) is 1.03. The van der Waals surface area contributed by atoms with Crippen LogP contribution in [0.15, 0.2) is 24.3 Å². The van der Waals surface area contributed by atoms with Crippen LogP contribution in [0.25, 0.3) is 0 Å². The molecule has 0 saturated carbocycles. The van der Waals surface area contributed by atoms with Crippen molar-refractivity contribution in [3.63, 3.8) is 0 Å². The van der Waals surface area contributed by atoms with Crippen LogP contribution in [0.4, 0.5) is 0 Å². The highest BCUT2D eigenvalue weighted by Crippen LogP contribution is 2.23. The van der Waals surface area contributed by atoms with Crippen molar-refractivity contribution >= 4 is 11.8 Å². The van der Waals surface area contributed by atoms with Crippen LogP contribution in [0.2, 0.25) is 0 Å². The first-order chi connectivity index (χ1) is 9.13. The zero-order chi connectivity index (χ0) is 13.8. The van der Waals surface area contributed by atoms with Crippen LogP contribution in [0, 0.1) is 5.92 Å². The van der Waals surface area contributed by atoms with E-state index in [9.17, 15) is 9.59 Å². The molecule has 0 aliphatic carbocycles. The van der Waals surface area contributed by atoms with E-state index < -0.39 is 0 Å². The Morgan fingerprint density at radius 3 is 2.79 bits per heavy atom. The number of piperidine rings is 1. The van der Waals surface area contributed by atoms with Crippen LogP contribution >= 0.6 is 0 Å². The Morgan fingerprint density at radius 1 is 1.37 bits per heavy atom. The Kier molecular flexibility index (Phi) is 4.04. The van der Waals surface area contributed by atoms with Crippen molar-refractivity contribution in [3.05, 3.63) is 29.8 Å². The SMILES string of the molecule is COc1ccccc1C(=O)N1CCCC(C(N)=O)C1. The van der Waals surface area contributed by atoms with Crippen LogP contribution < -0.4 is 10.5 Å². The second-order valence-corrected chi connectivity index (χ2v) is 4.69. The molecule has 0 aromatic heterocycles. The molecule has 1 atom stereocenters. The molecule has 1 saturated heterocycles. The molecule has 0 bridgehead atoms. The van der Waals surface area contributed by atoms with Gasteiger partial charge < -0.3 is 15.4 Å². The third-order valence-electron chi connectivity index (χ3n) is 3.45. The minimum Gasteiger partial charge on any atom is -0.496 e.